The average Bonchev–Trinajstić information content (AvgIpc) is 3.05. The second-order valence-corrected chi connectivity index (χ2v) is 6.91. The van der Waals surface area contributed by atoms with Crippen molar-refractivity contribution in [2.75, 3.05) is 39.3 Å². The molecule has 0 atom stereocenters. The summed E-state index contributed by atoms with van der Waals surface area (Å²) >= 11 is 1.04. The van der Waals surface area contributed by atoms with Crippen molar-refractivity contribution in [3.63, 3.8) is 0 Å². The van der Waals surface area contributed by atoms with Crippen LogP contribution in [0.4, 0.5) is 13.2 Å². The van der Waals surface area contributed by atoms with Crippen molar-refractivity contribution in [1.29, 1.82) is 0 Å². The van der Waals surface area contributed by atoms with Gasteiger partial charge in [0.1, 0.15) is 0 Å². The average molecular weight is 377 g/mol. The molecule has 0 saturated carbocycles. The van der Waals surface area contributed by atoms with Gasteiger partial charge in [0, 0.05) is 31.4 Å². The van der Waals surface area contributed by atoms with Crippen LogP contribution in [0, 0.1) is 0 Å². The Morgan fingerprint density at radius 2 is 2.04 bits per heavy atom. The molecule has 0 spiro atoms. The van der Waals surface area contributed by atoms with Gasteiger partial charge in [0.25, 0.3) is 0 Å². The first-order chi connectivity index (χ1) is 12.0. The minimum atomic E-state index is -4.37. The van der Waals surface area contributed by atoms with Gasteiger partial charge in [-0.05, 0) is 32.9 Å². The maximum atomic E-state index is 12.5. The largest absolute Gasteiger partial charge is 0.434 e. The van der Waals surface area contributed by atoms with Crippen molar-refractivity contribution in [2.24, 2.45) is 4.99 Å². The summed E-state index contributed by atoms with van der Waals surface area (Å²) in [6, 6.07) is 0. The van der Waals surface area contributed by atoms with E-state index in [1.165, 1.54) is 19.3 Å². The molecule has 0 bridgehead atoms. The zero-order valence-electron chi connectivity index (χ0n) is 14.5. The summed E-state index contributed by atoms with van der Waals surface area (Å²) in [5.74, 6) is 0.701. The molecule has 1 aromatic rings. The fourth-order valence-corrected chi connectivity index (χ4v) is 3.48. The van der Waals surface area contributed by atoms with Crippen molar-refractivity contribution in [3.05, 3.63) is 16.1 Å². The van der Waals surface area contributed by atoms with Crippen LogP contribution >= 0.6 is 11.3 Å². The number of nitrogens with zero attached hydrogens (tertiary/aromatic N) is 3. The fourth-order valence-electron chi connectivity index (χ4n) is 2.67. The zero-order chi connectivity index (χ0) is 18.1. The van der Waals surface area contributed by atoms with Crippen LogP contribution in [0.1, 0.15) is 36.9 Å². The van der Waals surface area contributed by atoms with E-state index in [1.807, 2.05) is 6.92 Å². The van der Waals surface area contributed by atoms with Crippen LogP contribution < -0.4 is 10.6 Å². The summed E-state index contributed by atoms with van der Waals surface area (Å²) in [4.78, 5) is 10.6. The number of aromatic nitrogens is 1. The smallest absolute Gasteiger partial charge is 0.357 e. The summed E-state index contributed by atoms with van der Waals surface area (Å²) in [6.45, 7) is 7.17. The van der Waals surface area contributed by atoms with Crippen LogP contribution in [0.2, 0.25) is 0 Å². The molecule has 1 saturated heterocycles. The molecule has 0 amide bonds. The van der Waals surface area contributed by atoms with Gasteiger partial charge < -0.3 is 15.5 Å². The van der Waals surface area contributed by atoms with Crippen molar-refractivity contribution in [3.8, 4) is 0 Å². The van der Waals surface area contributed by atoms with Crippen molar-refractivity contribution < 1.29 is 13.2 Å². The van der Waals surface area contributed by atoms with Crippen LogP contribution in [0.25, 0.3) is 0 Å². The second-order valence-electron chi connectivity index (χ2n) is 5.96. The lowest BCUT2D eigenvalue weighted by atomic mass is 10.1. The van der Waals surface area contributed by atoms with Crippen molar-refractivity contribution in [1.82, 2.24) is 20.5 Å². The van der Waals surface area contributed by atoms with E-state index in [9.17, 15) is 13.2 Å². The quantitative estimate of drug-likeness (QED) is 0.567. The number of likely N-dealkylation sites (tertiary alicyclic amines) is 1. The van der Waals surface area contributed by atoms with E-state index in [-0.39, 0.29) is 0 Å². The number of thiazole rings is 1. The number of piperidine rings is 1. The third-order valence-electron chi connectivity index (χ3n) is 3.95. The highest BCUT2D eigenvalue weighted by Gasteiger charge is 2.33. The van der Waals surface area contributed by atoms with Gasteiger partial charge in [0.05, 0.1) is 11.6 Å². The third kappa shape index (κ3) is 7.19. The lowest BCUT2D eigenvalue weighted by Gasteiger charge is -2.25. The Hall–Kier alpha value is -1.35. The Balaban J connectivity index is 1.74. The van der Waals surface area contributed by atoms with Crippen LogP contribution in [0.5, 0.6) is 0 Å². The SMILES string of the molecule is CCNC(=NCCN1CCCCC1)NCCc1nc(C(F)(F)F)cs1. The fraction of sp³-hybridized carbons (Fsp3) is 0.750. The summed E-state index contributed by atoms with van der Waals surface area (Å²) in [5, 5.41) is 7.86. The summed E-state index contributed by atoms with van der Waals surface area (Å²) in [6.07, 6.45) is -0.0907. The molecule has 1 aliphatic rings. The third-order valence-corrected chi connectivity index (χ3v) is 4.86. The first-order valence-corrected chi connectivity index (χ1v) is 9.63. The van der Waals surface area contributed by atoms with Gasteiger partial charge in [0.2, 0.25) is 0 Å². The molecule has 0 radical (unpaired) electrons. The highest BCUT2D eigenvalue weighted by molar-refractivity contribution is 7.09. The molecule has 0 unspecified atom stereocenters. The number of rotatable bonds is 7. The van der Waals surface area contributed by atoms with Crippen LogP contribution in [0.3, 0.4) is 0 Å². The maximum Gasteiger partial charge on any atom is 0.434 e. The van der Waals surface area contributed by atoms with Gasteiger partial charge in [-0.25, -0.2) is 4.98 Å². The number of alkyl halides is 3. The molecule has 9 heteroatoms. The topological polar surface area (TPSA) is 52.6 Å². The van der Waals surface area contributed by atoms with E-state index in [4.69, 9.17) is 0 Å². The summed E-state index contributed by atoms with van der Waals surface area (Å²) in [5.41, 5.74) is -0.811. The van der Waals surface area contributed by atoms with Crippen LogP contribution in [0.15, 0.2) is 10.4 Å². The monoisotopic (exact) mass is 377 g/mol. The van der Waals surface area contributed by atoms with E-state index < -0.39 is 11.9 Å². The van der Waals surface area contributed by atoms with Crippen molar-refractivity contribution in [2.45, 2.75) is 38.8 Å². The lowest BCUT2D eigenvalue weighted by molar-refractivity contribution is -0.140. The molecule has 2 rings (SSSR count). The van der Waals surface area contributed by atoms with Gasteiger partial charge in [-0.3, -0.25) is 4.99 Å². The van der Waals surface area contributed by atoms with Gasteiger partial charge >= 0.3 is 6.18 Å². The van der Waals surface area contributed by atoms with Gasteiger partial charge in [0.15, 0.2) is 11.7 Å². The first-order valence-electron chi connectivity index (χ1n) is 8.75. The van der Waals surface area contributed by atoms with E-state index in [0.29, 0.717) is 30.5 Å². The van der Waals surface area contributed by atoms with E-state index in [2.05, 4.69) is 25.5 Å². The molecular weight excluding hydrogens is 351 g/mol. The number of aliphatic imine (C=N–C) groups is 1. The zero-order valence-corrected chi connectivity index (χ0v) is 15.3. The van der Waals surface area contributed by atoms with Gasteiger partial charge in [-0.15, -0.1) is 11.3 Å². The highest BCUT2D eigenvalue weighted by atomic mass is 32.1. The molecule has 1 aliphatic heterocycles. The molecular formula is C16H26F3N5S. The number of nitrogens with one attached hydrogen (secondary N) is 2. The Morgan fingerprint density at radius 3 is 2.68 bits per heavy atom. The van der Waals surface area contributed by atoms with Crippen LogP contribution in [-0.2, 0) is 12.6 Å². The molecule has 5 nitrogen and oxygen atoms in total. The Kier molecular flexibility index (Phi) is 7.95. The molecule has 1 fully saturated rings. The minimum absolute atomic E-state index is 0.442. The lowest BCUT2D eigenvalue weighted by Crippen LogP contribution is -2.39. The number of halogens is 3. The predicted molar refractivity (Wildman–Crippen MR) is 95.1 cm³/mol. The maximum absolute atomic E-state index is 12.5. The number of guanidine groups is 1. The van der Waals surface area contributed by atoms with Gasteiger partial charge in [-0.1, -0.05) is 6.42 Å². The molecule has 0 aliphatic carbocycles. The number of hydrogen-bond acceptors (Lipinski definition) is 4. The molecule has 25 heavy (non-hydrogen) atoms. The predicted octanol–water partition coefficient (Wildman–Crippen LogP) is 2.75. The van der Waals surface area contributed by atoms with Crippen molar-refractivity contribution >= 4 is 17.3 Å². The molecule has 1 aromatic heterocycles. The van der Waals surface area contributed by atoms with E-state index in [1.54, 1.807) is 0 Å². The second kappa shape index (κ2) is 9.96. The molecule has 2 N–H and O–H groups in total. The Labute approximate surface area is 150 Å². The Bertz CT molecular complexity index is 538. The number of hydrogen-bond donors (Lipinski definition) is 2. The highest BCUT2D eigenvalue weighted by Crippen LogP contribution is 2.29. The summed E-state index contributed by atoms with van der Waals surface area (Å²) < 4.78 is 37.6. The molecule has 0 aromatic carbocycles. The van der Waals surface area contributed by atoms with E-state index >= 15 is 0 Å². The first kappa shape index (κ1) is 20.0. The van der Waals surface area contributed by atoms with Gasteiger partial charge in [-0.2, -0.15) is 13.2 Å². The Morgan fingerprint density at radius 1 is 1.28 bits per heavy atom. The van der Waals surface area contributed by atoms with E-state index in [0.717, 1.165) is 42.9 Å². The minimum Gasteiger partial charge on any atom is -0.357 e. The molecule has 142 valence electrons. The van der Waals surface area contributed by atoms with Crippen LogP contribution in [-0.4, -0.2) is 55.1 Å². The molecule has 2 heterocycles. The normalized spacial score (nSPS) is 16.9. The standard InChI is InChI=1S/C16H26F3N5S/c1-2-20-15(22-8-11-24-9-4-3-5-10-24)21-7-6-14-23-13(12-25-14)16(17,18)19/h12H,2-11H2,1H3,(H2,20,21,22). The summed E-state index contributed by atoms with van der Waals surface area (Å²) in [7, 11) is 0.